The van der Waals surface area contributed by atoms with E-state index in [4.69, 9.17) is 0 Å². The van der Waals surface area contributed by atoms with Crippen LogP contribution in [0.1, 0.15) is 45.1 Å². The molecular formula is C19H32N2. The molecule has 2 rings (SSSR count). The maximum atomic E-state index is 3.46. The summed E-state index contributed by atoms with van der Waals surface area (Å²) in [4.78, 5) is 2.56. The van der Waals surface area contributed by atoms with E-state index in [0.29, 0.717) is 5.41 Å². The first kappa shape index (κ1) is 16.4. The average molecular weight is 288 g/mol. The molecule has 1 aromatic carbocycles. The second-order valence-corrected chi connectivity index (χ2v) is 7.06. The fraction of sp³-hybridized carbons (Fsp3) is 0.684. The molecule has 21 heavy (non-hydrogen) atoms. The largest absolute Gasteiger partial charge is 0.371 e. The van der Waals surface area contributed by atoms with Gasteiger partial charge in [0, 0.05) is 30.7 Å². The SMILES string of the molecule is CCN(CC1(CNC)CCC(C)CC1)c1ccc(C)cc1. The molecule has 0 aliphatic heterocycles. The van der Waals surface area contributed by atoms with Crippen molar-refractivity contribution in [3.63, 3.8) is 0 Å². The molecule has 1 aromatic rings. The summed E-state index contributed by atoms with van der Waals surface area (Å²) in [6, 6.07) is 9.01. The predicted molar refractivity (Wildman–Crippen MR) is 93.1 cm³/mol. The lowest BCUT2D eigenvalue weighted by molar-refractivity contribution is 0.159. The van der Waals surface area contributed by atoms with Crippen LogP contribution in [0, 0.1) is 18.3 Å². The molecule has 0 heterocycles. The van der Waals surface area contributed by atoms with Crippen molar-refractivity contribution in [3.05, 3.63) is 29.8 Å². The van der Waals surface area contributed by atoms with E-state index in [1.54, 1.807) is 0 Å². The zero-order chi connectivity index (χ0) is 15.3. The third kappa shape index (κ3) is 4.23. The molecule has 0 amide bonds. The molecule has 1 aliphatic carbocycles. The van der Waals surface area contributed by atoms with E-state index >= 15 is 0 Å². The molecule has 0 bridgehead atoms. The maximum Gasteiger partial charge on any atom is 0.0366 e. The second kappa shape index (κ2) is 7.31. The van der Waals surface area contributed by atoms with Crippen LogP contribution in [-0.4, -0.2) is 26.7 Å². The lowest BCUT2D eigenvalue weighted by Crippen LogP contribution is -2.45. The number of hydrogen-bond donors (Lipinski definition) is 1. The highest BCUT2D eigenvalue weighted by Gasteiger charge is 2.35. The predicted octanol–water partition coefficient (Wildman–Crippen LogP) is 4.24. The fourth-order valence-electron chi connectivity index (χ4n) is 3.69. The maximum absolute atomic E-state index is 3.46. The molecule has 0 unspecified atom stereocenters. The highest BCUT2D eigenvalue weighted by molar-refractivity contribution is 5.47. The van der Waals surface area contributed by atoms with E-state index < -0.39 is 0 Å². The van der Waals surface area contributed by atoms with Crippen LogP contribution < -0.4 is 10.2 Å². The summed E-state index contributed by atoms with van der Waals surface area (Å²) >= 11 is 0. The summed E-state index contributed by atoms with van der Waals surface area (Å²) in [5, 5.41) is 3.46. The van der Waals surface area contributed by atoms with Crippen molar-refractivity contribution in [2.45, 2.75) is 46.5 Å². The normalized spacial score (nSPS) is 25.8. The second-order valence-electron chi connectivity index (χ2n) is 7.06. The Morgan fingerprint density at radius 2 is 1.81 bits per heavy atom. The number of rotatable bonds is 6. The molecule has 1 fully saturated rings. The minimum absolute atomic E-state index is 0.447. The van der Waals surface area contributed by atoms with Gasteiger partial charge in [0.1, 0.15) is 0 Å². The van der Waals surface area contributed by atoms with Gasteiger partial charge < -0.3 is 10.2 Å². The summed E-state index contributed by atoms with van der Waals surface area (Å²) in [5.74, 6) is 0.907. The van der Waals surface area contributed by atoms with E-state index in [1.165, 1.54) is 43.5 Å². The smallest absolute Gasteiger partial charge is 0.0366 e. The number of hydrogen-bond acceptors (Lipinski definition) is 2. The summed E-state index contributed by atoms with van der Waals surface area (Å²) in [5.41, 5.74) is 3.16. The Balaban J connectivity index is 2.11. The number of aryl methyl sites for hydroxylation is 1. The molecule has 2 nitrogen and oxygen atoms in total. The Bertz CT molecular complexity index is 416. The molecule has 1 N–H and O–H groups in total. The quantitative estimate of drug-likeness (QED) is 0.842. The van der Waals surface area contributed by atoms with Gasteiger partial charge in [-0.2, -0.15) is 0 Å². The first-order valence-corrected chi connectivity index (χ1v) is 8.55. The van der Waals surface area contributed by atoms with Gasteiger partial charge in [-0.25, -0.2) is 0 Å². The molecule has 1 aliphatic rings. The summed E-state index contributed by atoms with van der Waals surface area (Å²) in [6.45, 7) is 10.2. The molecule has 0 radical (unpaired) electrons. The lowest BCUT2D eigenvalue weighted by atomic mass is 9.70. The van der Waals surface area contributed by atoms with E-state index in [2.05, 4.69) is 62.3 Å². The molecule has 2 heteroatoms. The van der Waals surface area contributed by atoms with E-state index in [1.807, 2.05) is 0 Å². The van der Waals surface area contributed by atoms with Crippen molar-refractivity contribution in [1.29, 1.82) is 0 Å². The van der Waals surface area contributed by atoms with Crippen molar-refractivity contribution in [2.75, 3.05) is 31.6 Å². The van der Waals surface area contributed by atoms with Gasteiger partial charge in [0.25, 0.3) is 0 Å². The van der Waals surface area contributed by atoms with Crippen LogP contribution in [0.3, 0.4) is 0 Å². The minimum Gasteiger partial charge on any atom is -0.371 e. The molecule has 1 saturated carbocycles. The first-order chi connectivity index (χ1) is 10.1. The van der Waals surface area contributed by atoms with Crippen LogP contribution in [0.2, 0.25) is 0 Å². The molecule has 0 spiro atoms. The Morgan fingerprint density at radius 3 is 2.33 bits per heavy atom. The Hall–Kier alpha value is -1.02. The average Bonchev–Trinajstić information content (AvgIpc) is 2.49. The van der Waals surface area contributed by atoms with Crippen molar-refractivity contribution in [3.8, 4) is 0 Å². The number of nitrogens with one attached hydrogen (secondary N) is 1. The van der Waals surface area contributed by atoms with Gasteiger partial charge >= 0.3 is 0 Å². The molecular weight excluding hydrogens is 256 g/mol. The number of nitrogens with zero attached hydrogens (tertiary/aromatic N) is 1. The zero-order valence-corrected chi connectivity index (χ0v) is 14.3. The van der Waals surface area contributed by atoms with Crippen LogP contribution in [0.5, 0.6) is 0 Å². The van der Waals surface area contributed by atoms with Gasteiger partial charge in [-0.05, 0) is 51.8 Å². The Kier molecular flexibility index (Phi) is 5.69. The highest BCUT2D eigenvalue weighted by Crippen LogP contribution is 2.39. The zero-order valence-electron chi connectivity index (χ0n) is 14.3. The van der Waals surface area contributed by atoms with Crippen LogP contribution in [-0.2, 0) is 0 Å². The summed E-state index contributed by atoms with van der Waals surface area (Å²) in [6.07, 6.45) is 5.48. The third-order valence-electron chi connectivity index (χ3n) is 5.19. The Labute approximate surface area is 130 Å². The van der Waals surface area contributed by atoms with Gasteiger partial charge in [0.15, 0.2) is 0 Å². The summed E-state index contributed by atoms with van der Waals surface area (Å²) in [7, 11) is 2.10. The molecule has 0 atom stereocenters. The summed E-state index contributed by atoms with van der Waals surface area (Å²) < 4.78 is 0. The number of anilines is 1. The van der Waals surface area contributed by atoms with E-state index in [-0.39, 0.29) is 0 Å². The molecule has 0 aromatic heterocycles. The highest BCUT2D eigenvalue weighted by atomic mass is 15.1. The van der Waals surface area contributed by atoms with Crippen LogP contribution in [0.25, 0.3) is 0 Å². The number of benzene rings is 1. The van der Waals surface area contributed by atoms with E-state index in [0.717, 1.165) is 19.0 Å². The first-order valence-electron chi connectivity index (χ1n) is 8.55. The third-order valence-corrected chi connectivity index (χ3v) is 5.19. The fourth-order valence-corrected chi connectivity index (χ4v) is 3.69. The van der Waals surface area contributed by atoms with Crippen LogP contribution >= 0.6 is 0 Å². The molecule has 118 valence electrons. The minimum atomic E-state index is 0.447. The van der Waals surface area contributed by atoms with Crippen molar-refractivity contribution in [2.24, 2.45) is 11.3 Å². The topological polar surface area (TPSA) is 15.3 Å². The van der Waals surface area contributed by atoms with Crippen molar-refractivity contribution >= 4 is 5.69 Å². The van der Waals surface area contributed by atoms with Crippen molar-refractivity contribution < 1.29 is 0 Å². The Morgan fingerprint density at radius 1 is 1.19 bits per heavy atom. The van der Waals surface area contributed by atoms with Crippen LogP contribution in [0.15, 0.2) is 24.3 Å². The lowest BCUT2D eigenvalue weighted by Gasteiger charge is -2.43. The van der Waals surface area contributed by atoms with Gasteiger partial charge in [0.2, 0.25) is 0 Å². The van der Waals surface area contributed by atoms with E-state index in [9.17, 15) is 0 Å². The molecule has 0 saturated heterocycles. The van der Waals surface area contributed by atoms with Gasteiger partial charge in [-0.15, -0.1) is 0 Å². The van der Waals surface area contributed by atoms with Crippen LogP contribution in [0.4, 0.5) is 5.69 Å². The van der Waals surface area contributed by atoms with Gasteiger partial charge in [0.05, 0.1) is 0 Å². The van der Waals surface area contributed by atoms with Gasteiger partial charge in [-0.3, -0.25) is 0 Å². The standard InChI is InChI=1S/C19H32N2/c1-5-21(18-8-6-16(2)7-9-18)15-19(14-20-4)12-10-17(3)11-13-19/h6-9,17,20H,5,10-15H2,1-4H3. The van der Waals surface area contributed by atoms with Crippen molar-refractivity contribution in [1.82, 2.24) is 5.32 Å². The van der Waals surface area contributed by atoms with Gasteiger partial charge in [-0.1, -0.05) is 37.5 Å². The monoisotopic (exact) mass is 288 g/mol.